The highest BCUT2D eigenvalue weighted by Crippen LogP contribution is 2.40. The second-order valence-electron chi connectivity index (χ2n) is 6.08. The summed E-state index contributed by atoms with van der Waals surface area (Å²) in [6.45, 7) is 1.14. The minimum atomic E-state index is -1.17. The molecule has 2 aromatic carbocycles. The number of benzene rings is 2. The summed E-state index contributed by atoms with van der Waals surface area (Å²) in [7, 11) is 0. The highest BCUT2D eigenvalue weighted by molar-refractivity contribution is 6.15. The monoisotopic (exact) mass is 381 g/mol. The second kappa shape index (κ2) is 6.95. The van der Waals surface area contributed by atoms with Crippen LogP contribution in [0.25, 0.3) is 0 Å². The van der Waals surface area contributed by atoms with Crippen molar-refractivity contribution in [1.82, 2.24) is 0 Å². The maximum Gasteiger partial charge on any atom is 0.335 e. The van der Waals surface area contributed by atoms with Crippen LogP contribution < -0.4 is 10.0 Å². The molecule has 1 aliphatic rings. The molecule has 0 aromatic heterocycles. The number of carboxylic acid groups (broad SMARTS) is 1. The van der Waals surface area contributed by atoms with E-state index in [2.05, 4.69) is 0 Å². The van der Waals surface area contributed by atoms with E-state index in [1.807, 2.05) is 0 Å². The number of amides is 1. The minimum Gasteiger partial charge on any atom is -0.868 e. The highest BCUT2D eigenvalue weighted by atomic mass is 16.6. The summed E-state index contributed by atoms with van der Waals surface area (Å²) < 4.78 is 0. The lowest BCUT2D eigenvalue weighted by molar-refractivity contribution is -0.384. The smallest absolute Gasteiger partial charge is 0.335 e. The van der Waals surface area contributed by atoms with Crippen molar-refractivity contribution in [2.24, 2.45) is 0 Å². The Kier molecular flexibility index (Phi) is 4.66. The molecule has 1 amide bonds. The van der Waals surface area contributed by atoms with E-state index in [1.165, 1.54) is 48.5 Å². The molecule has 0 spiro atoms. The number of carboxylic acids is 1. The van der Waals surface area contributed by atoms with Crippen molar-refractivity contribution in [1.29, 1.82) is 0 Å². The van der Waals surface area contributed by atoms with Gasteiger partial charge in [-0.3, -0.25) is 24.6 Å². The molecule has 142 valence electrons. The van der Waals surface area contributed by atoms with Gasteiger partial charge in [-0.2, -0.15) is 0 Å². The summed E-state index contributed by atoms with van der Waals surface area (Å²) in [4.78, 5) is 47.2. The van der Waals surface area contributed by atoms with E-state index in [0.29, 0.717) is 0 Å². The lowest BCUT2D eigenvalue weighted by Crippen LogP contribution is -2.32. The number of Topliss-reactive ketones (excluding diaryl/α,β-unsaturated/α-hetero) is 1. The Labute approximate surface area is 158 Å². The van der Waals surface area contributed by atoms with Crippen LogP contribution >= 0.6 is 0 Å². The number of hydrogen-bond acceptors (Lipinski definition) is 6. The molecular weight excluding hydrogens is 368 g/mol. The molecule has 3 rings (SSSR count). The van der Waals surface area contributed by atoms with E-state index in [9.17, 15) is 29.6 Å². The van der Waals surface area contributed by atoms with Gasteiger partial charge in [0.15, 0.2) is 5.78 Å². The van der Waals surface area contributed by atoms with Gasteiger partial charge in [-0.25, -0.2) is 4.79 Å². The first-order valence-electron chi connectivity index (χ1n) is 8.05. The molecule has 0 radical (unpaired) electrons. The van der Waals surface area contributed by atoms with Crippen LogP contribution in [0.1, 0.15) is 28.9 Å². The summed E-state index contributed by atoms with van der Waals surface area (Å²) in [5.74, 6) is -3.75. The van der Waals surface area contributed by atoms with Gasteiger partial charge in [0.25, 0.3) is 5.69 Å². The molecule has 1 N–H and O–H groups in total. The number of non-ortho nitro benzene ring substituents is 1. The Balaban J connectivity index is 2.16. The van der Waals surface area contributed by atoms with Gasteiger partial charge in [0.1, 0.15) is 0 Å². The molecule has 0 bridgehead atoms. The molecule has 28 heavy (non-hydrogen) atoms. The van der Waals surface area contributed by atoms with Crippen LogP contribution in [0.5, 0.6) is 0 Å². The van der Waals surface area contributed by atoms with E-state index in [4.69, 9.17) is 5.11 Å². The summed E-state index contributed by atoms with van der Waals surface area (Å²) in [6.07, 6.45) is 0. The van der Waals surface area contributed by atoms with Crippen LogP contribution in [0.3, 0.4) is 0 Å². The molecule has 9 nitrogen and oxygen atoms in total. The van der Waals surface area contributed by atoms with Gasteiger partial charge in [-0.15, -0.1) is 0 Å². The fourth-order valence-electron chi connectivity index (χ4n) is 3.10. The molecular formula is C19H13N2O7-. The Bertz CT molecular complexity index is 1040. The lowest BCUT2D eigenvalue weighted by atomic mass is 9.96. The second-order valence-corrected chi connectivity index (χ2v) is 6.08. The summed E-state index contributed by atoms with van der Waals surface area (Å²) in [5.41, 5.74) is -0.164. The third-order valence-electron chi connectivity index (χ3n) is 4.36. The highest BCUT2D eigenvalue weighted by Gasteiger charge is 2.39. The van der Waals surface area contributed by atoms with Gasteiger partial charge in [-0.05, 0) is 42.5 Å². The standard InChI is InChI=1S/C19H14N2O7/c1-10(22)15-16(12-3-2-4-14(9-12)21(27)28)20(18(24)17(15)23)13-7-5-11(6-8-13)19(25)26/h2-9,16,23H,1H3,(H,25,26)/p-1/t16-/m0/s1. The largest absolute Gasteiger partial charge is 0.868 e. The fraction of sp³-hybridized carbons (Fsp3) is 0.105. The van der Waals surface area contributed by atoms with Crippen LogP contribution in [-0.4, -0.2) is 27.7 Å². The molecule has 0 saturated carbocycles. The van der Waals surface area contributed by atoms with Crippen molar-refractivity contribution in [3.8, 4) is 0 Å². The van der Waals surface area contributed by atoms with Gasteiger partial charge in [0.2, 0.25) is 5.91 Å². The minimum absolute atomic E-state index is 0.0237. The molecule has 1 aliphatic heterocycles. The maximum atomic E-state index is 12.6. The SMILES string of the molecule is CC(=O)C1=C([O-])C(=O)N(c2ccc(C(=O)O)cc2)[C@H]1c1cccc([N+](=O)[O-])c1. The number of ketones is 1. The quantitative estimate of drug-likeness (QED) is 0.612. The molecule has 2 aromatic rings. The molecule has 1 heterocycles. The number of anilines is 1. The first-order valence-corrected chi connectivity index (χ1v) is 8.05. The number of rotatable bonds is 5. The summed E-state index contributed by atoms with van der Waals surface area (Å²) >= 11 is 0. The van der Waals surface area contributed by atoms with Crippen LogP contribution in [0.4, 0.5) is 11.4 Å². The van der Waals surface area contributed by atoms with Crippen molar-refractivity contribution < 1.29 is 29.5 Å². The third-order valence-corrected chi connectivity index (χ3v) is 4.36. The zero-order chi connectivity index (χ0) is 20.6. The first-order chi connectivity index (χ1) is 13.2. The van der Waals surface area contributed by atoms with Gasteiger partial charge in [0, 0.05) is 23.4 Å². The average Bonchev–Trinajstić information content (AvgIpc) is 2.93. The van der Waals surface area contributed by atoms with E-state index >= 15 is 0 Å². The van der Waals surface area contributed by atoms with Gasteiger partial charge in [0.05, 0.1) is 16.5 Å². The number of hydrogen-bond donors (Lipinski definition) is 1. The number of carbonyl (C=O) groups excluding carboxylic acids is 2. The number of nitro benzene ring substituents is 1. The van der Waals surface area contributed by atoms with Crippen LogP contribution in [0.15, 0.2) is 59.9 Å². The normalized spacial score (nSPS) is 16.4. The van der Waals surface area contributed by atoms with E-state index in [-0.39, 0.29) is 28.1 Å². The zero-order valence-corrected chi connectivity index (χ0v) is 14.5. The Morgan fingerprint density at radius 2 is 1.79 bits per heavy atom. The first kappa shape index (κ1) is 18.8. The molecule has 0 unspecified atom stereocenters. The summed E-state index contributed by atoms with van der Waals surface area (Å²) in [5, 5.41) is 32.5. The number of nitro groups is 1. The van der Waals surface area contributed by atoms with Gasteiger partial charge >= 0.3 is 5.97 Å². The van der Waals surface area contributed by atoms with Crippen molar-refractivity contribution in [2.45, 2.75) is 13.0 Å². The van der Waals surface area contributed by atoms with Crippen LogP contribution in [-0.2, 0) is 9.59 Å². The zero-order valence-electron chi connectivity index (χ0n) is 14.5. The van der Waals surface area contributed by atoms with Gasteiger partial charge in [-0.1, -0.05) is 12.1 Å². The lowest BCUT2D eigenvalue weighted by Gasteiger charge is -2.27. The van der Waals surface area contributed by atoms with E-state index in [1.54, 1.807) is 0 Å². The van der Waals surface area contributed by atoms with Gasteiger partial charge < -0.3 is 10.2 Å². The number of carbonyl (C=O) groups is 3. The number of nitrogens with zero attached hydrogens (tertiary/aromatic N) is 2. The predicted molar refractivity (Wildman–Crippen MR) is 94.4 cm³/mol. The Morgan fingerprint density at radius 3 is 2.32 bits per heavy atom. The maximum absolute atomic E-state index is 12.6. The van der Waals surface area contributed by atoms with Crippen molar-refractivity contribution in [3.63, 3.8) is 0 Å². The summed E-state index contributed by atoms with van der Waals surface area (Å²) in [6, 6.07) is 9.35. The van der Waals surface area contributed by atoms with E-state index in [0.717, 1.165) is 11.8 Å². The molecule has 0 aliphatic carbocycles. The third kappa shape index (κ3) is 3.09. The molecule has 9 heteroatoms. The van der Waals surface area contributed by atoms with Crippen LogP contribution in [0, 0.1) is 10.1 Å². The van der Waals surface area contributed by atoms with Crippen LogP contribution in [0.2, 0.25) is 0 Å². The average molecular weight is 381 g/mol. The topological polar surface area (TPSA) is 141 Å². The van der Waals surface area contributed by atoms with E-state index < -0.39 is 34.4 Å². The Hall–Kier alpha value is -4.01. The molecule has 0 saturated heterocycles. The Morgan fingerprint density at radius 1 is 1.14 bits per heavy atom. The predicted octanol–water partition coefficient (Wildman–Crippen LogP) is 1.58. The van der Waals surface area contributed by atoms with Crippen molar-refractivity contribution >= 4 is 29.0 Å². The molecule has 1 atom stereocenters. The fourth-order valence-corrected chi connectivity index (χ4v) is 3.10. The van der Waals surface area contributed by atoms with Crippen molar-refractivity contribution in [3.05, 3.63) is 81.1 Å². The van der Waals surface area contributed by atoms with Crippen molar-refractivity contribution in [2.75, 3.05) is 4.90 Å². The molecule has 0 fully saturated rings. The number of aromatic carboxylic acids is 1.